The van der Waals surface area contributed by atoms with Crippen molar-refractivity contribution in [2.75, 3.05) is 26.7 Å². The molecule has 2 atom stereocenters. The number of likely N-dealkylation sites (N-methyl/N-ethyl adjacent to an activating group) is 1. The molecule has 2 heterocycles. The Morgan fingerprint density at radius 2 is 2.44 bits per heavy atom. The van der Waals surface area contributed by atoms with Crippen LogP contribution in [0.25, 0.3) is 0 Å². The molecule has 1 saturated heterocycles. The van der Waals surface area contributed by atoms with E-state index in [9.17, 15) is 0 Å². The number of nitrogens with zero attached hydrogens (tertiary/aromatic N) is 3. The van der Waals surface area contributed by atoms with E-state index in [-0.39, 0.29) is 12.1 Å². The fourth-order valence-electron chi connectivity index (χ4n) is 2.05. The minimum atomic E-state index is 0.0481. The van der Waals surface area contributed by atoms with Gasteiger partial charge < -0.3 is 15.4 Å². The summed E-state index contributed by atoms with van der Waals surface area (Å²) in [6.45, 7) is 2.69. The number of aromatic nitrogens is 2. The third-order valence-corrected chi connectivity index (χ3v) is 3.00. The molecule has 2 rings (SSSR count). The number of morpholine rings is 1. The van der Waals surface area contributed by atoms with Crippen LogP contribution in [0.3, 0.4) is 0 Å². The van der Waals surface area contributed by atoms with Gasteiger partial charge in [0.1, 0.15) is 0 Å². The molecule has 2 N–H and O–H groups in total. The summed E-state index contributed by atoms with van der Waals surface area (Å²) in [6.07, 6.45) is 4.84. The molecule has 0 aliphatic carbocycles. The Kier molecular flexibility index (Phi) is 3.58. The summed E-state index contributed by atoms with van der Waals surface area (Å²) >= 11 is 0. The van der Waals surface area contributed by atoms with Crippen LogP contribution in [0.4, 0.5) is 0 Å². The molecule has 90 valence electrons. The summed E-state index contributed by atoms with van der Waals surface area (Å²) in [7, 11) is 4.02. The van der Waals surface area contributed by atoms with E-state index in [2.05, 4.69) is 17.0 Å². The molecule has 0 saturated carbocycles. The lowest BCUT2D eigenvalue weighted by Crippen LogP contribution is -2.50. The molecule has 0 bridgehead atoms. The van der Waals surface area contributed by atoms with Gasteiger partial charge in [0.2, 0.25) is 0 Å². The second-order valence-corrected chi connectivity index (χ2v) is 4.56. The molecule has 0 spiro atoms. The van der Waals surface area contributed by atoms with Gasteiger partial charge in [-0.25, -0.2) is 0 Å². The van der Waals surface area contributed by atoms with Gasteiger partial charge in [-0.15, -0.1) is 0 Å². The smallest absolute Gasteiger partial charge is 0.0856 e. The van der Waals surface area contributed by atoms with Crippen molar-refractivity contribution in [1.82, 2.24) is 14.7 Å². The van der Waals surface area contributed by atoms with Crippen molar-refractivity contribution >= 4 is 0 Å². The maximum Gasteiger partial charge on any atom is 0.0856 e. The first-order valence-electron chi connectivity index (χ1n) is 5.68. The van der Waals surface area contributed by atoms with E-state index in [4.69, 9.17) is 10.5 Å². The predicted octanol–water partition coefficient (Wildman–Crippen LogP) is -0.379. The Labute approximate surface area is 96.2 Å². The van der Waals surface area contributed by atoms with Crippen molar-refractivity contribution in [3.63, 3.8) is 0 Å². The Bertz CT molecular complexity index is 338. The lowest BCUT2D eigenvalue weighted by Gasteiger charge is -2.33. The molecular weight excluding hydrogens is 204 g/mol. The summed E-state index contributed by atoms with van der Waals surface area (Å²) in [5.41, 5.74) is 7.34. The molecule has 1 aliphatic heterocycles. The van der Waals surface area contributed by atoms with E-state index < -0.39 is 0 Å². The largest absolute Gasteiger partial charge is 0.374 e. The monoisotopic (exact) mass is 224 g/mol. The van der Waals surface area contributed by atoms with Gasteiger partial charge in [-0.2, -0.15) is 5.10 Å². The maximum atomic E-state index is 6.16. The molecular formula is C11H20N4O. The molecule has 2 unspecified atom stereocenters. The summed E-state index contributed by atoms with van der Waals surface area (Å²) in [6, 6.07) is 0.0481. The number of rotatable bonds is 3. The van der Waals surface area contributed by atoms with Gasteiger partial charge in [-0.1, -0.05) is 0 Å². The van der Waals surface area contributed by atoms with Crippen molar-refractivity contribution in [2.45, 2.75) is 18.6 Å². The normalized spacial score (nSPS) is 24.6. The first-order valence-corrected chi connectivity index (χ1v) is 5.68. The Morgan fingerprint density at radius 1 is 1.62 bits per heavy atom. The molecule has 0 aromatic carbocycles. The van der Waals surface area contributed by atoms with E-state index in [0.29, 0.717) is 0 Å². The van der Waals surface area contributed by atoms with Gasteiger partial charge in [0, 0.05) is 32.4 Å². The van der Waals surface area contributed by atoms with E-state index in [1.165, 1.54) is 5.56 Å². The molecule has 5 heteroatoms. The number of nitrogens with two attached hydrogens (primary N) is 1. The van der Waals surface area contributed by atoms with Gasteiger partial charge in [-0.3, -0.25) is 4.68 Å². The summed E-state index contributed by atoms with van der Waals surface area (Å²) < 4.78 is 7.50. The van der Waals surface area contributed by atoms with Gasteiger partial charge in [0.15, 0.2) is 0 Å². The third kappa shape index (κ3) is 2.81. The van der Waals surface area contributed by atoms with Crippen LogP contribution < -0.4 is 5.73 Å². The van der Waals surface area contributed by atoms with Crippen molar-refractivity contribution in [1.29, 1.82) is 0 Å². The van der Waals surface area contributed by atoms with Crippen LogP contribution in [0.5, 0.6) is 0 Å². The Morgan fingerprint density at radius 3 is 3.06 bits per heavy atom. The van der Waals surface area contributed by atoms with Crippen molar-refractivity contribution in [3.05, 3.63) is 18.0 Å². The number of ether oxygens (including phenoxy) is 1. The molecule has 5 nitrogen and oxygen atoms in total. The zero-order valence-corrected chi connectivity index (χ0v) is 9.97. The van der Waals surface area contributed by atoms with Gasteiger partial charge in [0.05, 0.1) is 18.9 Å². The van der Waals surface area contributed by atoms with Crippen LogP contribution >= 0.6 is 0 Å². The Hall–Kier alpha value is -0.910. The molecule has 1 aliphatic rings. The van der Waals surface area contributed by atoms with Crippen molar-refractivity contribution < 1.29 is 4.74 Å². The quantitative estimate of drug-likeness (QED) is 0.760. The topological polar surface area (TPSA) is 56.3 Å². The van der Waals surface area contributed by atoms with E-state index in [1.807, 2.05) is 19.4 Å². The molecule has 1 fully saturated rings. The van der Waals surface area contributed by atoms with E-state index >= 15 is 0 Å². The fraction of sp³-hybridized carbons (Fsp3) is 0.727. The standard InChI is InChI=1S/C11H20N4O/c1-14-3-4-16-11(8-14)10(12)5-9-6-13-15(2)7-9/h6-7,10-11H,3-5,8,12H2,1-2H3. The van der Waals surface area contributed by atoms with Crippen LogP contribution in [0.2, 0.25) is 0 Å². The van der Waals surface area contributed by atoms with Crippen LogP contribution in [-0.2, 0) is 18.2 Å². The second-order valence-electron chi connectivity index (χ2n) is 4.56. The highest BCUT2D eigenvalue weighted by molar-refractivity contribution is 5.06. The minimum Gasteiger partial charge on any atom is -0.374 e. The number of hydrogen-bond donors (Lipinski definition) is 1. The van der Waals surface area contributed by atoms with Crippen LogP contribution in [-0.4, -0.2) is 53.6 Å². The van der Waals surface area contributed by atoms with Gasteiger partial charge in [0.25, 0.3) is 0 Å². The molecule has 1 aromatic rings. The van der Waals surface area contributed by atoms with Crippen LogP contribution in [0, 0.1) is 0 Å². The van der Waals surface area contributed by atoms with Crippen molar-refractivity contribution in [2.24, 2.45) is 12.8 Å². The molecule has 0 amide bonds. The first kappa shape index (κ1) is 11.6. The van der Waals surface area contributed by atoms with E-state index in [0.717, 1.165) is 26.1 Å². The Balaban J connectivity index is 1.89. The van der Waals surface area contributed by atoms with Gasteiger partial charge >= 0.3 is 0 Å². The highest BCUT2D eigenvalue weighted by Gasteiger charge is 2.24. The third-order valence-electron chi connectivity index (χ3n) is 3.00. The average molecular weight is 224 g/mol. The zero-order chi connectivity index (χ0) is 11.5. The van der Waals surface area contributed by atoms with E-state index in [1.54, 1.807) is 4.68 Å². The zero-order valence-electron chi connectivity index (χ0n) is 9.97. The van der Waals surface area contributed by atoms with Crippen molar-refractivity contribution in [3.8, 4) is 0 Å². The summed E-state index contributed by atoms with van der Waals surface area (Å²) in [4.78, 5) is 2.26. The summed E-state index contributed by atoms with van der Waals surface area (Å²) in [5, 5.41) is 4.14. The minimum absolute atomic E-state index is 0.0481. The molecule has 1 aromatic heterocycles. The average Bonchev–Trinajstić information content (AvgIpc) is 2.64. The fourth-order valence-corrected chi connectivity index (χ4v) is 2.05. The molecule has 0 radical (unpaired) electrons. The summed E-state index contributed by atoms with van der Waals surface area (Å²) in [5.74, 6) is 0. The number of aryl methyl sites for hydroxylation is 1. The van der Waals surface area contributed by atoms with Gasteiger partial charge in [-0.05, 0) is 19.0 Å². The van der Waals surface area contributed by atoms with Crippen LogP contribution in [0.15, 0.2) is 12.4 Å². The second kappa shape index (κ2) is 4.95. The SMILES string of the molecule is CN1CCOC(C(N)Cc2cnn(C)c2)C1. The van der Waals surface area contributed by atoms with Crippen LogP contribution in [0.1, 0.15) is 5.56 Å². The predicted molar refractivity (Wildman–Crippen MR) is 62.1 cm³/mol. The highest BCUT2D eigenvalue weighted by atomic mass is 16.5. The highest BCUT2D eigenvalue weighted by Crippen LogP contribution is 2.10. The maximum absolute atomic E-state index is 6.16. The lowest BCUT2D eigenvalue weighted by molar-refractivity contribution is -0.0319. The lowest BCUT2D eigenvalue weighted by atomic mass is 10.0. The first-order chi connectivity index (χ1) is 7.65. The molecule has 16 heavy (non-hydrogen) atoms. The number of hydrogen-bond acceptors (Lipinski definition) is 4.